The summed E-state index contributed by atoms with van der Waals surface area (Å²) < 4.78 is 11.4. The molecule has 3 rings (SSSR count). The van der Waals surface area contributed by atoms with Gasteiger partial charge in [0.05, 0.1) is 25.4 Å². The zero-order valence-electron chi connectivity index (χ0n) is 13.5. The second-order valence-electron chi connectivity index (χ2n) is 6.32. The van der Waals surface area contributed by atoms with Crippen molar-refractivity contribution in [3.8, 4) is 0 Å². The van der Waals surface area contributed by atoms with Gasteiger partial charge in [-0.25, -0.2) is 4.79 Å². The highest BCUT2D eigenvalue weighted by Crippen LogP contribution is 2.26. The Bertz CT molecular complexity index is 494. The van der Waals surface area contributed by atoms with Gasteiger partial charge in [0.15, 0.2) is 0 Å². The zero-order valence-corrected chi connectivity index (χ0v) is 13.5. The van der Waals surface area contributed by atoms with E-state index in [0.29, 0.717) is 19.8 Å². The maximum Gasteiger partial charge on any atom is 0.315 e. The number of carbonyl (C=O) groups excluding carboxylic acids is 1. The molecule has 3 unspecified atom stereocenters. The maximum atomic E-state index is 12.0. The van der Waals surface area contributed by atoms with E-state index in [2.05, 4.69) is 22.8 Å². The molecule has 2 aliphatic rings. The van der Waals surface area contributed by atoms with Crippen LogP contribution in [0.2, 0.25) is 0 Å². The lowest BCUT2D eigenvalue weighted by Crippen LogP contribution is -2.51. The minimum atomic E-state index is -0.0711. The van der Waals surface area contributed by atoms with Gasteiger partial charge in [-0.05, 0) is 37.7 Å². The molecule has 1 aliphatic heterocycles. The second-order valence-corrected chi connectivity index (χ2v) is 6.32. The molecule has 1 saturated heterocycles. The number of fused-ring (bicyclic) bond motifs is 1. The third kappa shape index (κ3) is 4.94. The summed E-state index contributed by atoms with van der Waals surface area (Å²) in [5, 5.41) is 6.02. The molecule has 23 heavy (non-hydrogen) atoms. The van der Waals surface area contributed by atoms with E-state index in [4.69, 9.17) is 9.47 Å². The molecule has 5 heteroatoms. The molecule has 2 amide bonds. The third-order valence-electron chi connectivity index (χ3n) is 4.58. The van der Waals surface area contributed by atoms with Gasteiger partial charge in [0, 0.05) is 12.6 Å². The highest BCUT2D eigenvalue weighted by molar-refractivity contribution is 5.74. The van der Waals surface area contributed by atoms with Crippen molar-refractivity contribution in [2.75, 3.05) is 19.8 Å². The Morgan fingerprint density at radius 1 is 1.09 bits per heavy atom. The van der Waals surface area contributed by atoms with Gasteiger partial charge in [0.2, 0.25) is 0 Å². The van der Waals surface area contributed by atoms with E-state index in [-0.39, 0.29) is 24.3 Å². The first-order chi connectivity index (χ1) is 11.3. The Balaban J connectivity index is 1.32. The van der Waals surface area contributed by atoms with E-state index in [0.717, 1.165) is 32.1 Å². The second kappa shape index (κ2) is 8.31. The smallest absolute Gasteiger partial charge is 0.315 e. The van der Waals surface area contributed by atoms with E-state index in [1.54, 1.807) is 0 Å². The largest absolute Gasteiger partial charge is 0.373 e. The Morgan fingerprint density at radius 2 is 1.87 bits per heavy atom. The molecule has 1 aromatic rings. The van der Waals surface area contributed by atoms with E-state index in [9.17, 15) is 4.79 Å². The first-order valence-electron chi connectivity index (χ1n) is 8.63. The lowest BCUT2D eigenvalue weighted by atomic mass is 9.90. The van der Waals surface area contributed by atoms with Crippen molar-refractivity contribution in [1.29, 1.82) is 0 Å². The van der Waals surface area contributed by atoms with Crippen LogP contribution >= 0.6 is 0 Å². The molecule has 1 saturated carbocycles. The fourth-order valence-electron chi connectivity index (χ4n) is 3.37. The predicted octanol–water partition coefficient (Wildman–Crippen LogP) is 2.25. The summed E-state index contributed by atoms with van der Waals surface area (Å²) >= 11 is 0. The Labute approximate surface area is 137 Å². The number of aryl methyl sites for hydroxylation is 1. The number of nitrogens with one attached hydrogen (secondary N) is 2. The van der Waals surface area contributed by atoms with Crippen LogP contribution in [0.15, 0.2) is 30.3 Å². The van der Waals surface area contributed by atoms with Crippen molar-refractivity contribution in [2.45, 2.75) is 50.4 Å². The van der Waals surface area contributed by atoms with Crippen molar-refractivity contribution >= 4 is 6.03 Å². The van der Waals surface area contributed by atoms with Gasteiger partial charge in [0.1, 0.15) is 0 Å². The summed E-state index contributed by atoms with van der Waals surface area (Å²) in [5.41, 5.74) is 1.31. The maximum absolute atomic E-state index is 12.0. The summed E-state index contributed by atoms with van der Waals surface area (Å²) in [7, 11) is 0. The Kier molecular flexibility index (Phi) is 5.88. The van der Waals surface area contributed by atoms with Crippen LogP contribution in [-0.4, -0.2) is 44.0 Å². The number of ether oxygens (including phenoxy) is 2. The summed E-state index contributed by atoms with van der Waals surface area (Å²) in [6, 6.07) is 10.5. The molecule has 126 valence electrons. The van der Waals surface area contributed by atoms with Crippen LogP contribution in [0.5, 0.6) is 0 Å². The van der Waals surface area contributed by atoms with Crippen molar-refractivity contribution in [3.05, 3.63) is 35.9 Å². The quantitative estimate of drug-likeness (QED) is 0.819. The molecular weight excluding hydrogens is 292 g/mol. The van der Waals surface area contributed by atoms with Crippen LogP contribution in [0.25, 0.3) is 0 Å². The number of benzene rings is 1. The van der Waals surface area contributed by atoms with Gasteiger partial charge in [-0.3, -0.25) is 0 Å². The lowest BCUT2D eigenvalue weighted by molar-refractivity contribution is -0.157. The molecular formula is C18H26N2O3. The van der Waals surface area contributed by atoms with Crippen molar-refractivity contribution in [1.82, 2.24) is 10.6 Å². The number of carbonyl (C=O) groups is 1. The summed E-state index contributed by atoms with van der Waals surface area (Å²) in [6.45, 7) is 2.06. The average molecular weight is 318 g/mol. The number of urea groups is 1. The third-order valence-corrected chi connectivity index (χ3v) is 4.58. The topological polar surface area (TPSA) is 59.6 Å². The molecule has 1 heterocycles. The van der Waals surface area contributed by atoms with Crippen LogP contribution < -0.4 is 10.6 Å². The number of hydrogen-bond acceptors (Lipinski definition) is 3. The molecule has 3 atom stereocenters. The van der Waals surface area contributed by atoms with E-state index < -0.39 is 0 Å². The highest BCUT2D eigenvalue weighted by atomic mass is 16.6. The van der Waals surface area contributed by atoms with Gasteiger partial charge in [-0.2, -0.15) is 0 Å². The minimum absolute atomic E-state index is 0.0711. The SMILES string of the molecule is O=C(NCCCc1ccccc1)NC1CCC2OCCOC2C1. The summed E-state index contributed by atoms with van der Waals surface area (Å²) in [4.78, 5) is 12.0. The number of amides is 2. The predicted molar refractivity (Wildman–Crippen MR) is 88.4 cm³/mol. The summed E-state index contributed by atoms with van der Waals surface area (Å²) in [5.74, 6) is 0. The fourth-order valence-corrected chi connectivity index (χ4v) is 3.37. The number of hydrogen-bond donors (Lipinski definition) is 2. The standard InChI is InChI=1S/C18H26N2O3/c21-18(19-10-4-7-14-5-2-1-3-6-14)20-15-8-9-16-17(13-15)23-12-11-22-16/h1-3,5-6,15-17H,4,7-13H2,(H2,19,20,21). The molecule has 0 radical (unpaired) electrons. The molecule has 1 aliphatic carbocycles. The first kappa shape index (κ1) is 16.3. The Morgan fingerprint density at radius 3 is 2.70 bits per heavy atom. The van der Waals surface area contributed by atoms with Crippen molar-refractivity contribution < 1.29 is 14.3 Å². The zero-order chi connectivity index (χ0) is 15.9. The summed E-state index contributed by atoms with van der Waals surface area (Å²) in [6.07, 6.45) is 5.06. The van der Waals surface area contributed by atoms with Gasteiger partial charge in [-0.1, -0.05) is 30.3 Å². The number of rotatable bonds is 5. The average Bonchev–Trinajstić information content (AvgIpc) is 2.59. The van der Waals surface area contributed by atoms with Crippen LogP contribution in [0.4, 0.5) is 4.79 Å². The molecule has 5 nitrogen and oxygen atoms in total. The monoisotopic (exact) mass is 318 g/mol. The first-order valence-corrected chi connectivity index (χ1v) is 8.63. The Hall–Kier alpha value is -1.59. The molecule has 2 fully saturated rings. The molecule has 0 spiro atoms. The van der Waals surface area contributed by atoms with Gasteiger partial charge in [0.25, 0.3) is 0 Å². The normalized spacial score (nSPS) is 27.0. The van der Waals surface area contributed by atoms with Crippen LogP contribution in [-0.2, 0) is 15.9 Å². The van der Waals surface area contributed by atoms with E-state index in [1.165, 1.54) is 5.56 Å². The van der Waals surface area contributed by atoms with Crippen molar-refractivity contribution in [3.63, 3.8) is 0 Å². The lowest BCUT2D eigenvalue weighted by Gasteiger charge is -2.39. The fraction of sp³-hybridized carbons (Fsp3) is 0.611. The van der Waals surface area contributed by atoms with E-state index in [1.807, 2.05) is 18.2 Å². The van der Waals surface area contributed by atoms with Crippen LogP contribution in [0, 0.1) is 0 Å². The molecule has 1 aromatic carbocycles. The van der Waals surface area contributed by atoms with Crippen LogP contribution in [0.3, 0.4) is 0 Å². The van der Waals surface area contributed by atoms with Crippen LogP contribution in [0.1, 0.15) is 31.2 Å². The van der Waals surface area contributed by atoms with Gasteiger partial charge < -0.3 is 20.1 Å². The van der Waals surface area contributed by atoms with Crippen molar-refractivity contribution in [2.24, 2.45) is 0 Å². The molecule has 0 aromatic heterocycles. The van der Waals surface area contributed by atoms with Gasteiger partial charge >= 0.3 is 6.03 Å². The van der Waals surface area contributed by atoms with Gasteiger partial charge in [-0.15, -0.1) is 0 Å². The van der Waals surface area contributed by atoms with E-state index >= 15 is 0 Å². The minimum Gasteiger partial charge on any atom is -0.373 e. The molecule has 2 N–H and O–H groups in total. The highest BCUT2D eigenvalue weighted by Gasteiger charge is 2.34. The molecule has 0 bridgehead atoms.